The number of amides is 1. The zero-order valence-electron chi connectivity index (χ0n) is 14.3. The predicted octanol–water partition coefficient (Wildman–Crippen LogP) is 2.13. The molecule has 0 aliphatic carbocycles. The summed E-state index contributed by atoms with van der Waals surface area (Å²) in [5, 5.41) is 3.34. The number of anilines is 2. The molecule has 1 amide bonds. The van der Waals surface area contributed by atoms with E-state index in [1.807, 2.05) is 18.1 Å². The van der Waals surface area contributed by atoms with E-state index < -0.39 is 5.82 Å². The minimum Gasteiger partial charge on any atom is -0.340 e. The summed E-state index contributed by atoms with van der Waals surface area (Å²) in [7, 11) is 1.95. The normalized spacial score (nSPS) is 18.1. The third kappa shape index (κ3) is 4.70. The van der Waals surface area contributed by atoms with Gasteiger partial charge in [0.05, 0.1) is 12.4 Å². The zero-order valence-corrected chi connectivity index (χ0v) is 15.1. The Morgan fingerprint density at radius 1 is 1.40 bits per heavy atom. The first kappa shape index (κ1) is 17.7. The van der Waals surface area contributed by atoms with Gasteiger partial charge in [-0.25, -0.2) is 19.3 Å². The van der Waals surface area contributed by atoms with Crippen molar-refractivity contribution in [1.82, 2.24) is 19.9 Å². The van der Waals surface area contributed by atoms with Crippen LogP contribution >= 0.6 is 11.3 Å². The molecule has 1 saturated heterocycles. The summed E-state index contributed by atoms with van der Waals surface area (Å²) in [5.41, 5.74) is 0. The minimum atomic E-state index is -0.428. The van der Waals surface area contributed by atoms with Crippen molar-refractivity contribution in [1.29, 1.82) is 0 Å². The zero-order chi connectivity index (χ0) is 17.8. The van der Waals surface area contributed by atoms with E-state index in [4.69, 9.17) is 0 Å². The molecule has 0 radical (unpaired) electrons. The summed E-state index contributed by atoms with van der Waals surface area (Å²) in [6, 6.07) is 0.280. The molecule has 1 N–H and O–H groups in total. The van der Waals surface area contributed by atoms with Crippen LogP contribution in [0.4, 0.5) is 15.5 Å². The van der Waals surface area contributed by atoms with Gasteiger partial charge in [0.1, 0.15) is 0 Å². The fraction of sp³-hybridized carbons (Fsp3) is 0.500. The van der Waals surface area contributed by atoms with Crippen LogP contribution in [0.25, 0.3) is 0 Å². The molecule has 3 heterocycles. The standard InChI is InChI=1S/C16H21FN6OS/c1-11(24)21-16-20-8-14(25-16)10-23-5-3-4-13(9-23)22(2)15-18-6-12(17)7-19-15/h6-8,13H,3-5,9-10H2,1-2H3,(H,20,21,24)/t13-/m0/s1. The number of hydrogen-bond donors (Lipinski definition) is 1. The first-order valence-electron chi connectivity index (χ1n) is 8.16. The van der Waals surface area contributed by atoms with Crippen molar-refractivity contribution >= 4 is 28.3 Å². The largest absolute Gasteiger partial charge is 0.340 e. The number of hydrogen-bond acceptors (Lipinski definition) is 7. The molecule has 0 saturated carbocycles. The van der Waals surface area contributed by atoms with E-state index in [1.54, 1.807) is 0 Å². The van der Waals surface area contributed by atoms with Gasteiger partial charge in [-0.3, -0.25) is 9.69 Å². The number of nitrogens with zero attached hydrogens (tertiary/aromatic N) is 5. The number of piperidine rings is 1. The van der Waals surface area contributed by atoms with Gasteiger partial charge < -0.3 is 10.2 Å². The van der Waals surface area contributed by atoms with Crippen LogP contribution < -0.4 is 10.2 Å². The van der Waals surface area contributed by atoms with Gasteiger partial charge in [0, 0.05) is 44.2 Å². The molecule has 2 aromatic heterocycles. The quantitative estimate of drug-likeness (QED) is 0.876. The maximum Gasteiger partial charge on any atom is 0.225 e. The minimum absolute atomic E-state index is 0.111. The highest BCUT2D eigenvalue weighted by Gasteiger charge is 2.25. The molecule has 0 unspecified atom stereocenters. The SMILES string of the molecule is CC(=O)Nc1ncc(CN2CCC[C@H](N(C)c3ncc(F)cn3)C2)s1. The van der Waals surface area contributed by atoms with Crippen LogP contribution in [0.1, 0.15) is 24.6 Å². The van der Waals surface area contributed by atoms with Gasteiger partial charge in [0.15, 0.2) is 10.9 Å². The van der Waals surface area contributed by atoms with E-state index >= 15 is 0 Å². The Kier molecular flexibility index (Phi) is 5.54. The van der Waals surface area contributed by atoms with Crippen molar-refractivity contribution < 1.29 is 9.18 Å². The molecule has 1 aliphatic heterocycles. The molecule has 2 aromatic rings. The number of rotatable bonds is 5. The number of carbonyl (C=O) groups excluding carboxylic acids is 1. The summed E-state index contributed by atoms with van der Waals surface area (Å²) in [6.45, 7) is 4.17. The van der Waals surface area contributed by atoms with Crippen molar-refractivity contribution in [3.05, 3.63) is 29.3 Å². The fourth-order valence-corrected chi connectivity index (χ4v) is 3.85. The number of likely N-dealkylation sites (tertiary alicyclic amines) is 1. The van der Waals surface area contributed by atoms with Crippen LogP contribution in [0.3, 0.4) is 0 Å². The van der Waals surface area contributed by atoms with Gasteiger partial charge >= 0.3 is 0 Å². The molecule has 134 valence electrons. The van der Waals surface area contributed by atoms with Gasteiger partial charge in [0.25, 0.3) is 0 Å². The molecular weight excluding hydrogens is 343 g/mol. The average Bonchev–Trinajstić information content (AvgIpc) is 3.01. The lowest BCUT2D eigenvalue weighted by molar-refractivity contribution is -0.114. The highest BCUT2D eigenvalue weighted by Crippen LogP contribution is 2.23. The van der Waals surface area contributed by atoms with Crippen LogP contribution in [0.2, 0.25) is 0 Å². The Morgan fingerprint density at radius 2 is 2.16 bits per heavy atom. The third-order valence-electron chi connectivity index (χ3n) is 4.17. The maximum atomic E-state index is 13.0. The van der Waals surface area contributed by atoms with Crippen molar-refractivity contribution in [3.63, 3.8) is 0 Å². The lowest BCUT2D eigenvalue weighted by atomic mass is 10.0. The van der Waals surface area contributed by atoms with E-state index in [9.17, 15) is 9.18 Å². The summed E-state index contributed by atoms with van der Waals surface area (Å²) in [5.74, 6) is 0.00133. The third-order valence-corrected chi connectivity index (χ3v) is 5.06. The lowest BCUT2D eigenvalue weighted by Gasteiger charge is -2.37. The number of halogens is 1. The Bertz CT molecular complexity index is 722. The van der Waals surface area contributed by atoms with Crippen LogP contribution in [0.15, 0.2) is 18.6 Å². The first-order valence-corrected chi connectivity index (χ1v) is 8.98. The van der Waals surface area contributed by atoms with Gasteiger partial charge in [-0.1, -0.05) is 0 Å². The Labute approximate surface area is 149 Å². The Hall–Kier alpha value is -2.13. The number of aromatic nitrogens is 3. The van der Waals surface area contributed by atoms with E-state index in [0.29, 0.717) is 11.1 Å². The molecule has 1 aliphatic rings. The van der Waals surface area contributed by atoms with Crippen LogP contribution in [-0.4, -0.2) is 51.9 Å². The molecule has 1 fully saturated rings. The van der Waals surface area contributed by atoms with Crippen molar-refractivity contribution in [3.8, 4) is 0 Å². The van der Waals surface area contributed by atoms with Gasteiger partial charge in [-0.2, -0.15) is 0 Å². The number of carbonyl (C=O) groups is 1. The second-order valence-corrected chi connectivity index (χ2v) is 7.27. The van der Waals surface area contributed by atoms with Gasteiger partial charge in [-0.15, -0.1) is 11.3 Å². The highest BCUT2D eigenvalue weighted by atomic mass is 32.1. The van der Waals surface area contributed by atoms with E-state index in [1.165, 1.54) is 30.7 Å². The molecule has 1 atom stereocenters. The lowest BCUT2D eigenvalue weighted by Crippen LogP contribution is -2.46. The van der Waals surface area contributed by atoms with Crippen molar-refractivity contribution in [2.24, 2.45) is 0 Å². The summed E-state index contributed by atoms with van der Waals surface area (Å²) in [4.78, 5) is 28.9. The van der Waals surface area contributed by atoms with Gasteiger partial charge in [-0.05, 0) is 19.4 Å². The summed E-state index contributed by atoms with van der Waals surface area (Å²) in [6.07, 6.45) is 6.33. The fourth-order valence-electron chi connectivity index (χ4n) is 2.95. The topological polar surface area (TPSA) is 74.2 Å². The van der Waals surface area contributed by atoms with E-state index in [-0.39, 0.29) is 11.9 Å². The average molecular weight is 364 g/mol. The highest BCUT2D eigenvalue weighted by molar-refractivity contribution is 7.15. The number of nitrogens with one attached hydrogen (secondary N) is 1. The Morgan fingerprint density at radius 3 is 2.88 bits per heavy atom. The van der Waals surface area contributed by atoms with Crippen LogP contribution in [-0.2, 0) is 11.3 Å². The molecule has 0 bridgehead atoms. The Balaban J connectivity index is 1.60. The molecule has 0 spiro atoms. The predicted molar refractivity (Wildman–Crippen MR) is 95.1 cm³/mol. The first-order chi connectivity index (χ1) is 12.0. The smallest absolute Gasteiger partial charge is 0.225 e. The molecule has 25 heavy (non-hydrogen) atoms. The molecule has 9 heteroatoms. The molecule has 3 rings (SSSR count). The van der Waals surface area contributed by atoms with Gasteiger partial charge in [0.2, 0.25) is 11.9 Å². The van der Waals surface area contributed by atoms with E-state index in [0.717, 1.165) is 37.4 Å². The van der Waals surface area contributed by atoms with Crippen molar-refractivity contribution in [2.45, 2.75) is 32.4 Å². The molecule has 7 nitrogen and oxygen atoms in total. The monoisotopic (exact) mass is 364 g/mol. The summed E-state index contributed by atoms with van der Waals surface area (Å²) >= 11 is 1.50. The summed E-state index contributed by atoms with van der Waals surface area (Å²) < 4.78 is 13.0. The number of likely N-dealkylation sites (N-methyl/N-ethyl adjacent to an activating group) is 1. The maximum absolute atomic E-state index is 13.0. The molecular formula is C16H21FN6OS. The van der Waals surface area contributed by atoms with Crippen LogP contribution in [0.5, 0.6) is 0 Å². The number of thiazole rings is 1. The van der Waals surface area contributed by atoms with E-state index in [2.05, 4.69) is 25.2 Å². The second kappa shape index (κ2) is 7.83. The molecule has 0 aromatic carbocycles. The second-order valence-electron chi connectivity index (χ2n) is 6.16. The van der Waals surface area contributed by atoms with Crippen LogP contribution in [0, 0.1) is 5.82 Å². The van der Waals surface area contributed by atoms with Crippen molar-refractivity contribution in [2.75, 3.05) is 30.4 Å².